The van der Waals surface area contributed by atoms with E-state index < -0.39 is 10.0 Å². The van der Waals surface area contributed by atoms with Gasteiger partial charge in [0, 0.05) is 18.7 Å². The Morgan fingerprint density at radius 3 is 2.14 bits per heavy atom. The molecule has 1 fully saturated rings. The molecule has 0 aromatic heterocycles. The maximum Gasteiger partial charge on any atom is 0.251 e. The van der Waals surface area contributed by atoms with Crippen LogP contribution in [0.1, 0.15) is 49.2 Å². The predicted octanol–water partition coefficient (Wildman–Crippen LogP) is 3.84. The van der Waals surface area contributed by atoms with Gasteiger partial charge in [0.25, 0.3) is 5.91 Å². The van der Waals surface area contributed by atoms with Gasteiger partial charge < -0.3 is 5.32 Å². The molecular weight excluding hydrogens is 372 g/mol. The normalized spacial score (nSPS) is 21.8. The first-order valence-corrected chi connectivity index (χ1v) is 11.2. The van der Waals surface area contributed by atoms with Crippen LogP contribution in [0.3, 0.4) is 0 Å². The minimum atomic E-state index is -3.53. The van der Waals surface area contributed by atoms with Crippen LogP contribution in [-0.4, -0.2) is 31.7 Å². The number of benzene rings is 2. The molecule has 28 heavy (non-hydrogen) atoms. The second kappa shape index (κ2) is 8.45. The van der Waals surface area contributed by atoms with E-state index in [4.69, 9.17) is 0 Å². The zero-order valence-electron chi connectivity index (χ0n) is 16.6. The Morgan fingerprint density at radius 2 is 1.57 bits per heavy atom. The smallest absolute Gasteiger partial charge is 0.251 e. The molecule has 1 saturated heterocycles. The average molecular weight is 401 g/mol. The first-order chi connectivity index (χ1) is 13.3. The number of hydrogen-bond donors (Lipinski definition) is 1. The summed E-state index contributed by atoms with van der Waals surface area (Å²) in [6.45, 7) is 7.18. The van der Waals surface area contributed by atoms with Gasteiger partial charge in [0.05, 0.1) is 10.9 Å². The molecule has 0 spiro atoms. The van der Waals surface area contributed by atoms with Gasteiger partial charge in [-0.05, 0) is 55.0 Å². The maximum atomic E-state index is 12.9. The van der Waals surface area contributed by atoms with Gasteiger partial charge in [-0.15, -0.1) is 0 Å². The zero-order chi connectivity index (χ0) is 20.3. The summed E-state index contributed by atoms with van der Waals surface area (Å²) in [5.41, 5.74) is 1.46. The van der Waals surface area contributed by atoms with Gasteiger partial charge in [-0.2, -0.15) is 4.31 Å². The lowest BCUT2D eigenvalue weighted by atomic mass is 9.94. The lowest BCUT2D eigenvalue weighted by Gasteiger charge is -2.34. The number of sulfonamides is 1. The Morgan fingerprint density at radius 1 is 1.00 bits per heavy atom. The minimum absolute atomic E-state index is 0.131. The molecule has 3 atom stereocenters. The van der Waals surface area contributed by atoms with Crippen molar-refractivity contribution in [1.29, 1.82) is 0 Å². The number of nitrogens with one attached hydrogen (secondary N) is 1. The number of carbonyl (C=O) groups is 1. The van der Waals surface area contributed by atoms with Crippen LogP contribution in [0.15, 0.2) is 59.5 Å². The Labute approximate surface area is 167 Å². The SMILES string of the molecule is C[C@@H]1C[C@H](C)CN(S(=O)(=O)c2ccc(C(=O)N[C@@H](C)c3ccccc3)cc2)C1. The highest BCUT2D eigenvalue weighted by molar-refractivity contribution is 7.89. The van der Waals surface area contributed by atoms with Crippen molar-refractivity contribution in [3.05, 3.63) is 65.7 Å². The van der Waals surface area contributed by atoms with E-state index >= 15 is 0 Å². The molecule has 1 aliphatic rings. The zero-order valence-corrected chi connectivity index (χ0v) is 17.4. The van der Waals surface area contributed by atoms with Crippen molar-refractivity contribution in [2.45, 2.75) is 38.1 Å². The van der Waals surface area contributed by atoms with E-state index in [0.29, 0.717) is 30.5 Å². The molecule has 150 valence electrons. The predicted molar refractivity (Wildman–Crippen MR) is 110 cm³/mol. The topological polar surface area (TPSA) is 66.5 Å². The molecule has 0 bridgehead atoms. The van der Waals surface area contributed by atoms with Crippen molar-refractivity contribution in [2.75, 3.05) is 13.1 Å². The van der Waals surface area contributed by atoms with E-state index in [1.807, 2.05) is 37.3 Å². The molecule has 0 saturated carbocycles. The van der Waals surface area contributed by atoms with E-state index in [9.17, 15) is 13.2 Å². The van der Waals surface area contributed by atoms with Gasteiger partial charge in [0.15, 0.2) is 0 Å². The summed E-state index contributed by atoms with van der Waals surface area (Å²) >= 11 is 0. The lowest BCUT2D eigenvalue weighted by molar-refractivity contribution is 0.0940. The van der Waals surface area contributed by atoms with Crippen molar-refractivity contribution in [3.8, 4) is 0 Å². The van der Waals surface area contributed by atoms with Crippen molar-refractivity contribution in [3.63, 3.8) is 0 Å². The number of piperidine rings is 1. The van der Waals surface area contributed by atoms with Crippen LogP contribution < -0.4 is 5.32 Å². The molecule has 1 N–H and O–H groups in total. The summed E-state index contributed by atoms with van der Waals surface area (Å²) in [6, 6.07) is 15.8. The second-order valence-electron chi connectivity index (χ2n) is 7.90. The van der Waals surface area contributed by atoms with Crippen molar-refractivity contribution < 1.29 is 13.2 Å². The quantitative estimate of drug-likeness (QED) is 0.829. The Hall–Kier alpha value is -2.18. The molecule has 0 unspecified atom stereocenters. The lowest BCUT2D eigenvalue weighted by Crippen LogP contribution is -2.42. The van der Waals surface area contributed by atoms with Crippen LogP contribution in [0, 0.1) is 11.8 Å². The van der Waals surface area contributed by atoms with Crippen LogP contribution in [0.4, 0.5) is 0 Å². The van der Waals surface area contributed by atoms with Crippen molar-refractivity contribution >= 4 is 15.9 Å². The number of rotatable bonds is 5. The fraction of sp³-hybridized carbons (Fsp3) is 0.409. The van der Waals surface area contributed by atoms with Crippen molar-refractivity contribution in [2.24, 2.45) is 11.8 Å². The molecule has 1 amide bonds. The minimum Gasteiger partial charge on any atom is -0.346 e. The standard InChI is InChI=1S/C22H28N2O3S/c1-16-13-17(2)15-24(14-16)28(26,27)21-11-9-20(10-12-21)22(25)23-18(3)19-7-5-4-6-8-19/h4-12,16-18H,13-15H2,1-3H3,(H,23,25)/t16-,17+,18-/m0/s1. The first kappa shape index (κ1) is 20.6. The molecule has 0 aliphatic carbocycles. The Kier molecular flexibility index (Phi) is 6.20. The number of nitrogens with zero attached hydrogens (tertiary/aromatic N) is 1. The fourth-order valence-electron chi connectivity index (χ4n) is 3.83. The average Bonchev–Trinajstić information content (AvgIpc) is 2.68. The summed E-state index contributed by atoms with van der Waals surface area (Å²) in [7, 11) is -3.53. The molecule has 2 aromatic rings. The molecule has 3 rings (SSSR count). The summed E-state index contributed by atoms with van der Waals surface area (Å²) < 4.78 is 27.5. The summed E-state index contributed by atoms with van der Waals surface area (Å²) in [5, 5.41) is 2.95. The van der Waals surface area contributed by atoms with Crippen LogP contribution in [0.5, 0.6) is 0 Å². The number of amides is 1. The van der Waals surface area contributed by atoms with Crippen molar-refractivity contribution in [1.82, 2.24) is 9.62 Å². The van der Waals surface area contributed by atoms with Crippen LogP contribution in [0.2, 0.25) is 0 Å². The molecule has 6 heteroatoms. The molecule has 2 aromatic carbocycles. The van der Waals surface area contributed by atoms with Crippen LogP contribution >= 0.6 is 0 Å². The van der Waals surface area contributed by atoms with Gasteiger partial charge in [0.2, 0.25) is 10.0 Å². The third kappa shape index (κ3) is 4.62. The summed E-state index contributed by atoms with van der Waals surface area (Å²) in [5.74, 6) is 0.478. The van der Waals surface area contributed by atoms with Gasteiger partial charge in [-0.3, -0.25) is 4.79 Å². The molecule has 1 aliphatic heterocycles. The highest BCUT2D eigenvalue weighted by atomic mass is 32.2. The van der Waals surface area contributed by atoms with Gasteiger partial charge in [-0.1, -0.05) is 44.2 Å². The highest BCUT2D eigenvalue weighted by Gasteiger charge is 2.31. The Bertz CT molecular complexity index is 901. The van der Waals surface area contributed by atoms with E-state index in [-0.39, 0.29) is 16.8 Å². The van der Waals surface area contributed by atoms with Gasteiger partial charge in [-0.25, -0.2) is 8.42 Å². The molecular formula is C22H28N2O3S. The first-order valence-electron chi connectivity index (χ1n) is 9.73. The number of carbonyl (C=O) groups excluding carboxylic acids is 1. The van der Waals surface area contributed by atoms with Gasteiger partial charge >= 0.3 is 0 Å². The summed E-state index contributed by atoms with van der Waals surface area (Å²) in [4.78, 5) is 12.7. The molecule has 0 radical (unpaired) electrons. The highest BCUT2D eigenvalue weighted by Crippen LogP contribution is 2.26. The second-order valence-corrected chi connectivity index (χ2v) is 9.84. The van der Waals surface area contributed by atoms with E-state index in [2.05, 4.69) is 19.2 Å². The van der Waals surface area contributed by atoms with Crippen LogP contribution in [-0.2, 0) is 10.0 Å². The Balaban J connectivity index is 1.71. The number of hydrogen-bond acceptors (Lipinski definition) is 3. The third-order valence-corrected chi connectivity index (χ3v) is 7.08. The third-order valence-electron chi connectivity index (χ3n) is 5.24. The van der Waals surface area contributed by atoms with Crippen LogP contribution in [0.25, 0.3) is 0 Å². The van der Waals surface area contributed by atoms with E-state index in [1.165, 1.54) is 12.1 Å². The fourth-order valence-corrected chi connectivity index (χ4v) is 5.51. The molecule has 5 nitrogen and oxygen atoms in total. The summed E-state index contributed by atoms with van der Waals surface area (Å²) in [6.07, 6.45) is 1.05. The molecule has 1 heterocycles. The van der Waals surface area contributed by atoms with Gasteiger partial charge in [0.1, 0.15) is 0 Å². The monoisotopic (exact) mass is 400 g/mol. The largest absolute Gasteiger partial charge is 0.346 e. The van der Waals surface area contributed by atoms with E-state index in [1.54, 1.807) is 16.4 Å². The maximum absolute atomic E-state index is 12.9. The van der Waals surface area contributed by atoms with E-state index in [0.717, 1.165) is 12.0 Å².